The molecule has 5 nitrogen and oxygen atoms in total. The molecule has 0 bridgehead atoms. The van der Waals surface area contributed by atoms with Crippen LogP contribution in [0.15, 0.2) is 23.4 Å². The summed E-state index contributed by atoms with van der Waals surface area (Å²) in [6.07, 6.45) is 3.65. The van der Waals surface area contributed by atoms with Gasteiger partial charge in [0.15, 0.2) is 0 Å². The highest BCUT2D eigenvalue weighted by Crippen LogP contribution is 2.51. The van der Waals surface area contributed by atoms with Crippen LogP contribution in [0.1, 0.15) is 36.5 Å². The summed E-state index contributed by atoms with van der Waals surface area (Å²) < 4.78 is 4.88. The van der Waals surface area contributed by atoms with Crippen molar-refractivity contribution in [3.8, 4) is 0 Å². The molecule has 2 rings (SSSR count). The van der Waals surface area contributed by atoms with Crippen LogP contribution in [0.4, 0.5) is 0 Å². The Balaban J connectivity index is 1.88. The van der Waals surface area contributed by atoms with Crippen molar-refractivity contribution in [2.45, 2.75) is 31.2 Å². The number of hydrogen-bond acceptors (Lipinski definition) is 5. The average molecular weight is 295 g/mol. The smallest absolute Gasteiger partial charge is 0.339 e. The molecule has 108 valence electrons. The Morgan fingerprint density at radius 1 is 1.45 bits per heavy atom. The van der Waals surface area contributed by atoms with Crippen molar-refractivity contribution < 1.29 is 19.4 Å². The first-order valence-electron chi connectivity index (χ1n) is 6.52. The topological polar surface area (TPSA) is 76.5 Å². The van der Waals surface area contributed by atoms with Crippen LogP contribution in [0.2, 0.25) is 0 Å². The minimum Gasteiger partial charge on any atom is -0.481 e. The molecule has 1 aliphatic rings. The van der Waals surface area contributed by atoms with Crippen molar-refractivity contribution in [3.05, 3.63) is 23.9 Å². The number of carbonyl (C=O) groups excluding carboxylic acids is 1. The summed E-state index contributed by atoms with van der Waals surface area (Å²) in [5.74, 6) is -0.361. The van der Waals surface area contributed by atoms with Crippen LogP contribution in [-0.4, -0.2) is 34.4 Å². The molecule has 1 aromatic rings. The van der Waals surface area contributed by atoms with Gasteiger partial charge in [0, 0.05) is 11.9 Å². The maximum absolute atomic E-state index is 11.5. The number of pyridine rings is 1. The molecule has 1 N–H and O–H groups in total. The summed E-state index contributed by atoms with van der Waals surface area (Å²) in [6.45, 7) is 2.10. The molecular formula is C14H17NO4S. The lowest BCUT2D eigenvalue weighted by Gasteiger charge is -2.11. The van der Waals surface area contributed by atoms with Crippen LogP contribution >= 0.6 is 11.8 Å². The second-order valence-corrected chi connectivity index (χ2v) is 5.96. The average Bonchev–Trinajstić information content (AvgIpc) is 3.16. The highest BCUT2D eigenvalue weighted by atomic mass is 32.2. The summed E-state index contributed by atoms with van der Waals surface area (Å²) in [4.78, 5) is 26.4. The van der Waals surface area contributed by atoms with E-state index in [9.17, 15) is 9.59 Å². The molecule has 20 heavy (non-hydrogen) atoms. The molecule has 0 amide bonds. The second-order valence-electron chi connectivity index (χ2n) is 4.96. The Labute approximate surface area is 121 Å². The van der Waals surface area contributed by atoms with Crippen LogP contribution in [0, 0.1) is 5.41 Å². The second kappa shape index (κ2) is 6.26. The third-order valence-electron chi connectivity index (χ3n) is 3.26. The molecule has 0 unspecified atom stereocenters. The summed E-state index contributed by atoms with van der Waals surface area (Å²) >= 11 is 1.54. The van der Waals surface area contributed by atoms with Gasteiger partial charge in [0.25, 0.3) is 0 Å². The molecule has 0 aliphatic heterocycles. The number of nitrogens with zero attached hydrogens (tertiary/aromatic N) is 1. The van der Waals surface area contributed by atoms with E-state index in [1.165, 1.54) is 18.0 Å². The Kier molecular flexibility index (Phi) is 4.65. The van der Waals surface area contributed by atoms with Gasteiger partial charge in [-0.3, -0.25) is 4.79 Å². The van der Waals surface area contributed by atoms with Gasteiger partial charge in [0.1, 0.15) is 0 Å². The van der Waals surface area contributed by atoms with E-state index >= 15 is 0 Å². The number of carbonyl (C=O) groups is 2. The number of aromatic nitrogens is 1. The lowest BCUT2D eigenvalue weighted by Crippen LogP contribution is -2.11. The van der Waals surface area contributed by atoms with E-state index in [0.29, 0.717) is 12.2 Å². The number of carboxylic acid groups (broad SMARTS) is 1. The van der Waals surface area contributed by atoms with Crippen molar-refractivity contribution in [1.29, 1.82) is 0 Å². The van der Waals surface area contributed by atoms with E-state index in [1.54, 1.807) is 19.1 Å². The summed E-state index contributed by atoms with van der Waals surface area (Å²) in [7, 11) is 0. The van der Waals surface area contributed by atoms with E-state index in [-0.39, 0.29) is 17.8 Å². The number of carboxylic acids is 1. The molecule has 1 saturated carbocycles. The van der Waals surface area contributed by atoms with Crippen LogP contribution in [0.25, 0.3) is 0 Å². The number of hydrogen-bond donors (Lipinski definition) is 1. The quantitative estimate of drug-likeness (QED) is 0.615. The maximum atomic E-state index is 11.5. The van der Waals surface area contributed by atoms with Gasteiger partial charge in [-0.25, -0.2) is 9.78 Å². The van der Waals surface area contributed by atoms with Crippen LogP contribution in [0.3, 0.4) is 0 Å². The van der Waals surface area contributed by atoms with Crippen molar-refractivity contribution >= 4 is 23.7 Å². The predicted octanol–water partition coefficient (Wildman–Crippen LogP) is 2.61. The van der Waals surface area contributed by atoms with Gasteiger partial charge in [0.05, 0.1) is 23.6 Å². The van der Waals surface area contributed by atoms with E-state index in [4.69, 9.17) is 9.84 Å². The number of esters is 1. The highest BCUT2D eigenvalue weighted by molar-refractivity contribution is 7.99. The maximum Gasteiger partial charge on any atom is 0.339 e. The molecule has 0 radical (unpaired) electrons. The van der Waals surface area contributed by atoms with Gasteiger partial charge >= 0.3 is 11.9 Å². The fraction of sp³-hybridized carbons (Fsp3) is 0.500. The Morgan fingerprint density at radius 2 is 2.20 bits per heavy atom. The molecular weight excluding hydrogens is 278 g/mol. The number of thioether (sulfide) groups is 1. The highest BCUT2D eigenvalue weighted by Gasteiger charge is 2.44. The molecule has 1 heterocycles. The van der Waals surface area contributed by atoms with Crippen molar-refractivity contribution in [3.63, 3.8) is 0 Å². The molecule has 0 atom stereocenters. The standard InChI is InChI=1S/C14H17NO4S/c1-2-19-13(18)10-3-4-11(15-8-10)20-9-14(5-6-14)7-12(16)17/h3-4,8H,2,5-7,9H2,1H3,(H,16,17). The summed E-state index contributed by atoms with van der Waals surface area (Å²) in [6, 6.07) is 3.46. The lowest BCUT2D eigenvalue weighted by molar-refractivity contribution is -0.138. The first kappa shape index (κ1) is 14.8. The number of rotatable bonds is 7. The zero-order chi connectivity index (χ0) is 14.6. The van der Waals surface area contributed by atoms with E-state index in [0.717, 1.165) is 23.6 Å². The first-order chi connectivity index (χ1) is 9.54. The SMILES string of the molecule is CCOC(=O)c1ccc(SCC2(CC(=O)O)CC2)nc1. The van der Waals surface area contributed by atoms with Crippen molar-refractivity contribution in [1.82, 2.24) is 4.98 Å². The zero-order valence-corrected chi connectivity index (χ0v) is 12.1. The monoisotopic (exact) mass is 295 g/mol. The summed E-state index contributed by atoms with van der Waals surface area (Å²) in [5.41, 5.74) is 0.376. The van der Waals surface area contributed by atoms with Crippen LogP contribution in [-0.2, 0) is 9.53 Å². The third kappa shape index (κ3) is 3.96. The molecule has 0 saturated heterocycles. The van der Waals surface area contributed by atoms with E-state index < -0.39 is 5.97 Å². The Hall–Kier alpha value is -1.56. The molecule has 0 aromatic carbocycles. The minimum absolute atomic E-state index is 0.0575. The molecule has 0 spiro atoms. The Bertz CT molecular complexity index is 496. The molecule has 1 aliphatic carbocycles. The fourth-order valence-electron chi connectivity index (χ4n) is 1.90. The number of aliphatic carboxylic acids is 1. The lowest BCUT2D eigenvalue weighted by atomic mass is 10.1. The van der Waals surface area contributed by atoms with Crippen LogP contribution in [0.5, 0.6) is 0 Å². The van der Waals surface area contributed by atoms with Crippen molar-refractivity contribution in [2.24, 2.45) is 5.41 Å². The van der Waals surface area contributed by atoms with Gasteiger partial charge < -0.3 is 9.84 Å². The van der Waals surface area contributed by atoms with E-state index in [1.807, 2.05) is 0 Å². The molecule has 1 fully saturated rings. The van der Waals surface area contributed by atoms with Gasteiger partial charge in [-0.1, -0.05) is 0 Å². The normalized spacial score (nSPS) is 15.7. The molecule has 1 aromatic heterocycles. The first-order valence-corrected chi connectivity index (χ1v) is 7.51. The Morgan fingerprint density at radius 3 is 2.70 bits per heavy atom. The van der Waals surface area contributed by atoms with Gasteiger partial charge in [-0.05, 0) is 37.3 Å². The zero-order valence-electron chi connectivity index (χ0n) is 11.3. The minimum atomic E-state index is -0.742. The fourth-order valence-corrected chi connectivity index (χ4v) is 3.03. The third-order valence-corrected chi connectivity index (χ3v) is 4.55. The largest absolute Gasteiger partial charge is 0.481 e. The molecule has 6 heteroatoms. The van der Waals surface area contributed by atoms with Crippen LogP contribution < -0.4 is 0 Å². The van der Waals surface area contributed by atoms with Gasteiger partial charge in [-0.15, -0.1) is 11.8 Å². The predicted molar refractivity (Wildman–Crippen MR) is 74.8 cm³/mol. The summed E-state index contributed by atoms with van der Waals surface area (Å²) in [5, 5.41) is 9.66. The van der Waals surface area contributed by atoms with E-state index in [2.05, 4.69) is 4.98 Å². The van der Waals surface area contributed by atoms with Crippen molar-refractivity contribution in [2.75, 3.05) is 12.4 Å². The number of ether oxygens (including phenoxy) is 1. The van der Waals surface area contributed by atoms with Gasteiger partial charge in [0.2, 0.25) is 0 Å². The van der Waals surface area contributed by atoms with Gasteiger partial charge in [-0.2, -0.15) is 0 Å².